The van der Waals surface area contributed by atoms with Crippen LogP contribution in [-0.2, 0) is 6.54 Å². The molecule has 0 aliphatic carbocycles. The number of benzene rings is 1. The molecule has 126 valence electrons. The Morgan fingerprint density at radius 3 is 2.96 bits per heavy atom. The third-order valence-corrected chi connectivity index (χ3v) is 4.57. The van der Waals surface area contributed by atoms with Gasteiger partial charge in [0.25, 0.3) is 5.91 Å². The molecule has 1 atom stereocenters. The summed E-state index contributed by atoms with van der Waals surface area (Å²) < 4.78 is 0. The lowest BCUT2D eigenvalue weighted by atomic mass is 10.0. The van der Waals surface area contributed by atoms with Crippen molar-refractivity contribution in [2.24, 2.45) is 5.92 Å². The highest BCUT2D eigenvalue weighted by Gasteiger charge is 2.19. The summed E-state index contributed by atoms with van der Waals surface area (Å²) in [6.07, 6.45) is 3.91. The van der Waals surface area contributed by atoms with Gasteiger partial charge in [-0.3, -0.25) is 4.79 Å². The molecule has 2 heterocycles. The Balaban J connectivity index is 1.67. The SMILES string of the molecule is Cc1ccccc1CNC(=O)c1cc(N2CCCC(C)C2)ncn1. The summed E-state index contributed by atoms with van der Waals surface area (Å²) in [5.74, 6) is 1.34. The van der Waals surface area contributed by atoms with E-state index in [1.807, 2.05) is 31.2 Å². The fourth-order valence-corrected chi connectivity index (χ4v) is 3.12. The number of rotatable bonds is 4. The minimum atomic E-state index is -0.160. The monoisotopic (exact) mass is 324 g/mol. The van der Waals surface area contributed by atoms with Gasteiger partial charge in [-0.1, -0.05) is 31.2 Å². The Labute approximate surface area is 143 Å². The van der Waals surface area contributed by atoms with E-state index in [1.54, 1.807) is 6.07 Å². The molecule has 1 aliphatic rings. The van der Waals surface area contributed by atoms with Crippen molar-refractivity contribution in [1.29, 1.82) is 0 Å². The normalized spacial score (nSPS) is 17.6. The number of amides is 1. The molecule has 1 fully saturated rings. The molecule has 1 aromatic carbocycles. The van der Waals surface area contributed by atoms with Gasteiger partial charge in [0.05, 0.1) is 0 Å². The number of aromatic nitrogens is 2. The largest absolute Gasteiger partial charge is 0.356 e. The maximum absolute atomic E-state index is 12.4. The summed E-state index contributed by atoms with van der Waals surface area (Å²) in [5, 5.41) is 2.95. The van der Waals surface area contributed by atoms with Crippen LogP contribution in [0.25, 0.3) is 0 Å². The van der Waals surface area contributed by atoms with Crippen molar-refractivity contribution in [2.45, 2.75) is 33.2 Å². The molecule has 5 heteroatoms. The molecule has 1 unspecified atom stereocenters. The molecule has 0 bridgehead atoms. The summed E-state index contributed by atoms with van der Waals surface area (Å²) in [6, 6.07) is 9.84. The number of hydrogen-bond acceptors (Lipinski definition) is 4. The third-order valence-electron chi connectivity index (χ3n) is 4.57. The van der Waals surface area contributed by atoms with Gasteiger partial charge in [-0.2, -0.15) is 0 Å². The van der Waals surface area contributed by atoms with Crippen molar-refractivity contribution < 1.29 is 4.79 Å². The summed E-state index contributed by atoms with van der Waals surface area (Å²) >= 11 is 0. The van der Waals surface area contributed by atoms with Gasteiger partial charge in [0.15, 0.2) is 0 Å². The lowest BCUT2D eigenvalue weighted by molar-refractivity contribution is 0.0945. The molecule has 1 amide bonds. The molecule has 1 aromatic heterocycles. The average Bonchev–Trinajstić information content (AvgIpc) is 2.61. The van der Waals surface area contributed by atoms with E-state index in [9.17, 15) is 4.79 Å². The number of carbonyl (C=O) groups is 1. The fourth-order valence-electron chi connectivity index (χ4n) is 3.12. The number of anilines is 1. The second-order valence-corrected chi connectivity index (χ2v) is 6.56. The quantitative estimate of drug-likeness (QED) is 0.939. The van der Waals surface area contributed by atoms with Gasteiger partial charge in [-0.15, -0.1) is 0 Å². The van der Waals surface area contributed by atoms with Gasteiger partial charge >= 0.3 is 0 Å². The van der Waals surface area contributed by atoms with Crippen LogP contribution in [-0.4, -0.2) is 29.0 Å². The van der Waals surface area contributed by atoms with Gasteiger partial charge in [-0.25, -0.2) is 9.97 Å². The van der Waals surface area contributed by atoms with Crippen molar-refractivity contribution in [3.05, 3.63) is 53.5 Å². The molecular formula is C19H24N4O. The van der Waals surface area contributed by atoms with Crippen LogP contribution in [0.4, 0.5) is 5.82 Å². The second kappa shape index (κ2) is 7.43. The zero-order valence-corrected chi connectivity index (χ0v) is 14.3. The minimum absolute atomic E-state index is 0.160. The molecule has 3 rings (SSSR count). The predicted molar refractivity (Wildman–Crippen MR) is 95.0 cm³/mol. The number of nitrogens with one attached hydrogen (secondary N) is 1. The van der Waals surface area contributed by atoms with Gasteiger partial charge < -0.3 is 10.2 Å². The van der Waals surface area contributed by atoms with Gasteiger partial charge in [0.1, 0.15) is 17.8 Å². The number of piperidine rings is 1. The first kappa shape index (κ1) is 16.4. The van der Waals surface area contributed by atoms with Gasteiger partial charge in [0.2, 0.25) is 0 Å². The molecule has 5 nitrogen and oxygen atoms in total. The predicted octanol–water partition coefficient (Wildman–Crippen LogP) is 2.95. The Morgan fingerprint density at radius 2 is 2.17 bits per heavy atom. The van der Waals surface area contributed by atoms with Crippen LogP contribution >= 0.6 is 0 Å². The second-order valence-electron chi connectivity index (χ2n) is 6.56. The molecular weight excluding hydrogens is 300 g/mol. The first-order valence-electron chi connectivity index (χ1n) is 8.53. The van der Waals surface area contributed by atoms with Gasteiger partial charge in [0, 0.05) is 25.7 Å². The number of hydrogen-bond donors (Lipinski definition) is 1. The Kier molecular flexibility index (Phi) is 5.08. The van der Waals surface area contributed by atoms with E-state index in [0.29, 0.717) is 18.2 Å². The van der Waals surface area contributed by atoms with Crippen molar-refractivity contribution in [1.82, 2.24) is 15.3 Å². The minimum Gasteiger partial charge on any atom is -0.356 e. The van der Waals surface area contributed by atoms with Crippen molar-refractivity contribution >= 4 is 11.7 Å². The molecule has 0 saturated carbocycles. The van der Waals surface area contributed by atoms with E-state index in [4.69, 9.17) is 0 Å². The fraction of sp³-hybridized carbons (Fsp3) is 0.421. The van der Waals surface area contributed by atoms with E-state index in [-0.39, 0.29) is 5.91 Å². The molecule has 24 heavy (non-hydrogen) atoms. The lowest BCUT2D eigenvalue weighted by Gasteiger charge is -2.31. The van der Waals surface area contributed by atoms with Gasteiger partial charge in [-0.05, 0) is 36.8 Å². The van der Waals surface area contributed by atoms with E-state index in [1.165, 1.54) is 24.7 Å². The summed E-state index contributed by atoms with van der Waals surface area (Å²) in [5.41, 5.74) is 2.71. The van der Waals surface area contributed by atoms with E-state index >= 15 is 0 Å². The van der Waals surface area contributed by atoms with Crippen molar-refractivity contribution in [2.75, 3.05) is 18.0 Å². The average molecular weight is 324 g/mol. The highest BCUT2D eigenvalue weighted by molar-refractivity contribution is 5.92. The summed E-state index contributed by atoms with van der Waals surface area (Å²) in [7, 11) is 0. The van der Waals surface area contributed by atoms with Crippen LogP contribution in [0.2, 0.25) is 0 Å². The topological polar surface area (TPSA) is 58.1 Å². The van der Waals surface area contributed by atoms with Crippen molar-refractivity contribution in [3.8, 4) is 0 Å². The third kappa shape index (κ3) is 3.91. The molecule has 1 N–H and O–H groups in total. The maximum Gasteiger partial charge on any atom is 0.270 e. The number of aryl methyl sites for hydroxylation is 1. The maximum atomic E-state index is 12.4. The molecule has 0 radical (unpaired) electrons. The number of carbonyl (C=O) groups excluding carboxylic acids is 1. The first-order valence-corrected chi connectivity index (χ1v) is 8.53. The Hall–Kier alpha value is -2.43. The van der Waals surface area contributed by atoms with Crippen LogP contribution in [0.3, 0.4) is 0 Å². The molecule has 2 aromatic rings. The smallest absolute Gasteiger partial charge is 0.270 e. The number of nitrogens with zero attached hydrogens (tertiary/aromatic N) is 3. The highest BCUT2D eigenvalue weighted by Crippen LogP contribution is 2.21. The highest BCUT2D eigenvalue weighted by atomic mass is 16.1. The standard InChI is InChI=1S/C19H24N4O/c1-14-6-5-9-23(12-14)18-10-17(21-13-22-18)19(24)20-11-16-8-4-3-7-15(16)2/h3-4,7-8,10,13-14H,5-6,9,11-12H2,1-2H3,(H,20,24). The Bertz CT molecular complexity index is 716. The van der Waals surface area contributed by atoms with Crippen molar-refractivity contribution in [3.63, 3.8) is 0 Å². The molecule has 0 spiro atoms. The zero-order chi connectivity index (χ0) is 16.9. The van der Waals surface area contributed by atoms with E-state index < -0.39 is 0 Å². The first-order chi connectivity index (χ1) is 11.6. The van der Waals surface area contributed by atoms with Crippen LogP contribution in [0.15, 0.2) is 36.7 Å². The zero-order valence-electron chi connectivity index (χ0n) is 14.3. The summed E-state index contributed by atoms with van der Waals surface area (Å²) in [6.45, 7) is 6.78. The van der Waals surface area contributed by atoms with Crippen LogP contribution < -0.4 is 10.2 Å². The van der Waals surface area contributed by atoms with Crippen LogP contribution in [0.1, 0.15) is 41.4 Å². The lowest BCUT2D eigenvalue weighted by Crippen LogP contribution is -2.35. The van der Waals surface area contributed by atoms with Crippen LogP contribution in [0, 0.1) is 12.8 Å². The van der Waals surface area contributed by atoms with E-state index in [0.717, 1.165) is 24.5 Å². The van der Waals surface area contributed by atoms with Crippen LogP contribution in [0.5, 0.6) is 0 Å². The molecule has 1 saturated heterocycles. The van der Waals surface area contributed by atoms with E-state index in [2.05, 4.69) is 27.1 Å². The summed E-state index contributed by atoms with van der Waals surface area (Å²) in [4.78, 5) is 23.1. The Morgan fingerprint density at radius 1 is 1.33 bits per heavy atom. The molecule has 1 aliphatic heterocycles.